The lowest BCUT2D eigenvalue weighted by atomic mass is 9.99. The predicted molar refractivity (Wildman–Crippen MR) is 50.9 cm³/mol. The lowest BCUT2D eigenvalue weighted by Gasteiger charge is -2.28. The van der Waals surface area contributed by atoms with Crippen molar-refractivity contribution < 1.29 is 14.7 Å². The number of carbonyl (C=O) groups excluding carboxylic acids is 1. The highest BCUT2D eigenvalue weighted by Gasteiger charge is 2.38. The van der Waals surface area contributed by atoms with Gasteiger partial charge in [-0.15, -0.1) is 0 Å². The van der Waals surface area contributed by atoms with Crippen LogP contribution in [-0.2, 0) is 9.59 Å². The number of rotatable bonds is 3. The Labute approximate surface area is 83.1 Å². The maximum atomic E-state index is 11.8. The van der Waals surface area contributed by atoms with Crippen molar-refractivity contribution >= 4 is 11.9 Å². The van der Waals surface area contributed by atoms with Crippen molar-refractivity contribution in [2.24, 2.45) is 0 Å². The number of hydrogen-bond acceptors (Lipinski definition) is 3. The van der Waals surface area contributed by atoms with Gasteiger partial charge in [-0.2, -0.15) is 0 Å². The van der Waals surface area contributed by atoms with Gasteiger partial charge in [-0.1, -0.05) is 0 Å². The molecule has 1 unspecified atom stereocenters. The highest BCUT2D eigenvalue weighted by molar-refractivity contribution is 5.88. The fraction of sp³-hybridized carbons (Fsp3) is 0.778. The molecule has 80 valence electrons. The molecule has 5 nitrogen and oxygen atoms in total. The molecule has 1 heterocycles. The smallest absolute Gasteiger partial charge is 0.323 e. The molecular weight excluding hydrogens is 184 g/mol. The van der Waals surface area contributed by atoms with Gasteiger partial charge in [-0.3, -0.25) is 9.59 Å². The summed E-state index contributed by atoms with van der Waals surface area (Å²) in [5.74, 6) is -1.13. The standard InChI is InChI=1S/C9H16N2O3/c1-9(4-3-5-10-9)8(14)11(2)6-7(12)13/h10H,3-6H2,1-2H3,(H,12,13). The predicted octanol–water partition coefficient (Wildman–Crippen LogP) is -0.328. The molecule has 0 radical (unpaired) electrons. The van der Waals surface area contributed by atoms with Crippen molar-refractivity contribution in [1.82, 2.24) is 10.2 Å². The van der Waals surface area contributed by atoms with Gasteiger partial charge < -0.3 is 15.3 Å². The van der Waals surface area contributed by atoms with E-state index in [2.05, 4.69) is 5.32 Å². The zero-order valence-electron chi connectivity index (χ0n) is 8.54. The van der Waals surface area contributed by atoms with Crippen LogP contribution in [0.5, 0.6) is 0 Å². The Kier molecular flexibility index (Phi) is 3.10. The zero-order chi connectivity index (χ0) is 10.8. The van der Waals surface area contributed by atoms with Crippen molar-refractivity contribution in [3.05, 3.63) is 0 Å². The first-order chi connectivity index (χ1) is 6.46. The number of hydrogen-bond donors (Lipinski definition) is 2. The van der Waals surface area contributed by atoms with Crippen LogP contribution in [0.1, 0.15) is 19.8 Å². The second-order valence-electron chi connectivity index (χ2n) is 3.92. The topological polar surface area (TPSA) is 69.6 Å². The fourth-order valence-electron chi connectivity index (χ4n) is 1.77. The van der Waals surface area contributed by atoms with Gasteiger partial charge in [-0.25, -0.2) is 0 Å². The molecule has 1 atom stereocenters. The summed E-state index contributed by atoms with van der Waals surface area (Å²) >= 11 is 0. The summed E-state index contributed by atoms with van der Waals surface area (Å²) in [6, 6.07) is 0. The maximum Gasteiger partial charge on any atom is 0.323 e. The van der Waals surface area contributed by atoms with Gasteiger partial charge >= 0.3 is 5.97 Å². The number of likely N-dealkylation sites (N-methyl/N-ethyl adjacent to an activating group) is 1. The molecule has 2 N–H and O–H groups in total. The molecule has 0 aromatic rings. The van der Waals surface area contributed by atoms with Crippen LogP contribution in [0.3, 0.4) is 0 Å². The molecule has 0 spiro atoms. The molecule has 5 heteroatoms. The molecule has 1 fully saturated rings. The minimum Gasteiger partial charge on any atom is -0.480 e. The number of carboxylic acid groups (broad SMARTS) is 1. The Bertz CT molecular complexity index is 246. The summed E-state index contributed by atoms with van der Waals surface area (Å²) in [7, 11) is 1.52. The van der Waals surface area contributed by atoms with Gasteiger partial charge in [-0.05, 0) is 26.3 Å². The summed E-state index contributed by atoms with van der Waals surface area (Å²) in [5, 5.41) is 11.6. The molecule has 0 saturated carbocycles. The van der Waals surface area contributed by atoms with E-state index in [1.165, 1.54) is 11.9 Å². The molecular formula is C9H16N2O3. The summed E-state index contributed by atoms with van der Waals surface area (Å²) in [5.41, 5.74) is -0.565. The third kappa shape index (κ3) is 2.23. The molecule has 1 rings (SSSR count). The molecule has 0 aromatic carbocycles. The molecule has 1 saturated heterocycles. The van der Waals surface area contributed by atoms with E-state index in [1.54, 1.807) is 0 Å². The molecule has 1 aliphatic rings. The first-order valence-corrected chi connectivity index (χ1v) is 4.68. The molecule has 0 bridgehead atoms. The minimum atomic E-state index is -0.984. The number of amides is 1. The number of carboxylic acids is 1. The number of aliphatic carboxylic acids is 1. The van der Waals surface area contributed by atoms with E-state index in [-0.39, 0.29) is 12.5 Å². The molecule has 1 amide bonds. The lowest BCUT2D eigenvalue weighted by molar-refractivity contribution is -0.145. The summed E-state index contributed by atoms with van der Waals surface area (Å²) < 4.78 is 0. The van der Waals surface area contributed by atoms with E-state index in [0.717, 1.165) is 19.4 Å². The van der Waals surface area contributed by atoms with Gasteiger partial charge in [0, 0.05) is 7.05 Å². The molecule has 1 aliphatic heterocycles. The van der Waals surface area contributed by atoms with E-state index < -0.39 is 11.5 Å². The van der Waals surface area contributed by atoms with Crippen LogP contribution < -0.4 is 5.32 Å². The van der Waals surface area contributed by atoms with Crippen LogP contribution in [0.25, 0.3) is 0 Å². The average Bonchev–Trinajstić information content (AvgIpc) is 2.51. The Morgan fingerprint density at radius 3 is 2.64 bits per heavy atom. The van der Waals surface area contributed by atoms with Crippen molar-refractivity contribution in [2.75, 3.05) is 20.1 Å². The first-order valence-electron chi connectivity index (χ1n) is 4.68. The lowest BCUT2D eigenvalue weighted by Crippen LogP contribution is -2.52. The van der Waals surface area contributed by atoms with Crippen LogP contribution >= 0.6 is 0 Å². The van der Waals surface area contributed by atoms with E-state index >= 15 is 0 Å². The number of nitrogens with one attached hydrogen (secondary N) is 1. The third-order valence-electron chi connectivity index (χ3n) is 2.56. The van der Waals surface area contributed by atoms with Crippen LogP contribution in [0.2, 0.25) is 0 Å². The largest absolute Gasteiger partial charge is 0.480 e. The average molecular weight is 200 g/mol. The zero-order valence-corrected chi connectivity index (χ0v) is 8.54. The van der Waals surface area contributed by atoms with Gasteiger partial charge in [0.25, 0.3) is 0 Å². The van der Waals surface area contributed by atoms with E-state index in [4.69, 9.17) is 5.11 Å². The Morgan fingerprint density at radius 2 is 2.21 bits per heavy atom. The highest BCUT2D eigenvalue weighted by Crippen LogP contribution is 2.20. The van der Waals surface area contributed by atoms with Crippen molar-refractivity contribution in [3.8, 4) is 0 Å². The normalized spacial score (nSPS) is 26.1. The van der Waals surface area contributed by atoms with Crippen molar-refractivity contribution in [1.29, 1.82) is 0 Å². The van der Waals surface area contributed by atoms with Crippen LogP contribution in [0.4, 0.5) is 0 Å². The fourth-order valence-corrected chi connectivity index (χ4v) is 1.77. The van der Waals surface area contributed by atoms with Crippen molar-refractivity contribution in [2.45, 2.75) is 25.3 Å². The molecule has 0 aromatic heterocycles. The molecule has 0 aliphatic carbocycles. The number of nitrogens with zero attached hydrogens (tertiary/aromatic N) is 1. The summed E-state index contributed by atoms with van der Waals surface area (Å²) in [6.07, 6.45) is 1.74. The Hall–Kier alpha value is -1.10. The first kappa shape index (κ1) is 11.0. The summed E-state index contributed by atoms with van der Waals surface area (Å²) in [6.45, 7) is 2.40. The van der Waals surface area contributed by atoms with E-state index in [1.807, 2.05) is 6.92 Å². The quantitative estimate of drug-likeness (QED) is 0.654. The summed E-state index contributed by atoms with van der Waals surface area (Å²) in [4.78, 5) is 23.5. The highest BCUT2D eigenvalue weighted by atomic mass is 16.4. The number of carbonyl (C=O) groups is 2. The van der Waals surface area contributed by atoms with Gasteiger partial charge in [0.05, 0.1) is 5.54 Å². The third-order valence-corrected chi connectivity index (χ3v) is 2.56. The van der Waals surface area contributed by atoms with Gasteiger partial charge in [0.15, 0.2) is 0 Å². The van der Waals surface area contributed by atoms with E-state index in [9.17, 15) is 9.59 Å². The Balaban J connectivity index is 2.59. The van der Waals surface area contributed by atoms with Gasteiger partial charge in [0.1, 0.15) is 6.54 Å². The van der Waals surface area contributed by atoms with Crippen molar-refractivity contribution in [3.63, 3.8) is 0 Å². The maximum absolute atomic E-state index is 11.8. The Morgan fingerprint density at radius 1 is 1.57 bits per heavy atom. The molecule has 14 heavy (non-hydrogen) atoms. The minimum absolute atomic E-state index is 0.141. The van der Waals surface area contributed by atoms with Crippen LogP contribution in [-0.4, -0.2) is 47.6 Å². The van der Waals surface area contributed by atoms with Gasteiger partial charge in [0.2, 0.25) is 5.91 Å². The van der Waals surface area contributed by atoms with Crippen LogP contribution in [0, 0.1) is 0 Å². The SMILES string of the molecule is CN(CC(=O)O)C(=O)C1(C)CCCN1. The second kappa shape index (κ2) is 3.96. The second-order valence-corrected chi connectivity index (χ2v) is 3.92. The van der Waals surface area contributed by atoms with E-state index in [0.29, 0.717) is 0 Å². The van der Waals surface area contributed by atoms with Crippen LogP contribution in [0.15, 0.2) is 0 Å². The monoisotopic (exact) mass is 200 g/mol.